The third kappa shape index (κ3) is 3.60. The molecule has 0 amide bonds. The van der Waals surface area contributed by atoms with Crippen LogP contribution in [-0.4, -0.2) is 42.6 Å². The molecule has 0 aliphatic carbocycles. The Balaban J connectivity index is 1.84. The maximum absolute atomic E-state index is 4.26. The Kier molecular flexibility index (Phi) is 4.81. The van der Waals surface area contributed by atoms with Gasteiger partial charge in [0.2, 0.25) is 0 Å². The molecule has 18 heavy (non-hydrogen) atoms. The second-order valence-corrected chi connectivity index (χ2v) is 5.05. The van der Waals surface area contributed by atoms with E-state index in [1.807, 2.05) is 12.4 Å². The van der Waals surface area contributed by atoms with Crippen molar-refractivity contribution in [3.8, 4) is 0 Å². The molecular formula is C14H24N4. The molecule has 0 aromatic carbocycles. The number of aromatic nitrogens is 1. The lowest BCUT2D eigenvalue weighted by atomic mass is 10.2. The maximum Gasteiger partial charge on any atom is 0.0548 e. The van der Waals surface area contributed by atoms with Crippen LogP contribution in [-0.2, 0) is 0 Å². The number of likely N-dealkylation sites (tertiary alicyclic amines) is 1. The molecule has 0 spiro atoms. The van der Waals surface area contributed by atoms with Crippen molar-refractivity contribution < 1.29 is 0 Å². The molecule has 1 saturated heterocycles. The summed E-state index contributed by atoms with van der Waals surface area (Å²) in [6, 6.07) is 2.80. The van der Waals surface area contributed by atoms with E-state index >= 15 is 0 Å². The minimum atomic E-state index is 0.664. The first-order chi connectivity index (χ1) is 8.79. The number of nitrogens with one attached hydrogen (secondary N) is 2. The number of hydrogen-bond donors (Lipinski definition) is 2. The summed E-state index contributed by atoms with van der Waals surface area (Å²) in [6.07, 6.45) is 7.52. The normalized spacial score (nSPS) is 20.0. The molecule has 100 valence electrons. The molecule has 1 aromatic rings. The van der Waals surface area contributed by atoms with E-state index in [9.17, 15) is 0 Å². The van der Waals surface area contributed by atoms with Gasteiger partial charge in [0.15, 0.2) is 0 Å². The zero-order chi connectivity index (χ0) is 12.8. The van der Waals surface area contributed by atoms with Crippen molar-refractivity contribution in [1.82, 2.24) is 9.88 Å². The summed E-state index contributed by atoms with van der Waals surface area (Å²) in [4.78, 5) is 6.69. The fourth-order valence-electron chi connectivity index (χ4n) is 2.38. The summed E-state index contributed by atoms with van der Waals surface area (Å²) in [6.45, 7) is 5.40. The van der Waals surface area contributed by atoms with Crippen molar-refractivity contribution in [2.24, 2.45) is 0 Å². The Labute approximate surface area is 110 Å². The lowest BCUT2D eigenvalue weighted by Crippen LogP contribution is -2.31. The minimum Gasteiger partial charge on any atom is -0.384 e. The van der Waals surface area contributed by atoms with Crippen molar-refractivity contribution in [3.05, 3.63) is 18.5 Å². The van der Waals surface area contributed by atoms with E-state index < -0.39 is 0 Å². The van der Waals surface area contributed by atoms with E-state index in [4.69, 9.17) is 0 Å². The van der Waals surface area contributed by atoms with E-state index in [-0.39, 0.29) is 0 Å². The average molecular weight is 248 g/mol. The predicted octanol–water partition coefficient (Wildman–Crippen LogP) is 2.41. The molecule has 0 bridgehead atoms. The van der Waals surface area contributed by atoms with Crippen LogP contribution in [0.5, 0.6) is 0 Å². The van der Waals surface area contributed by atoms with Crippen LogP contribution in [0.15, 0.2) is 18.5 Å². The van der Waals surface area contributed by atoms with Gasteiger partial charge in [-0.15, -0.1) is 0 Å². The van der Waals surface area contributed by atoms with Crippen LogP contribution in [0.2, 0.25) is 0 Å². The molecular weight excluding hydrogens is 224 g/mol. The second-order valence-electron chi connectivity index (χ2n) is 5.05. The lowest BCUT2D eigenvalue weighted by molar-refractivity contribution is 0.322. The highest BCUT2D eigenvalue weighted by Gasteiger charge is 2.20. The van der Waals surface area contributed by atoms with E-state index in [0.717, 1.165) is 30.9 Å². The number of hydrogen-bond acceptors (Lipinski definition) is 4. The van der Waals surface area contributed by atoms with Crippen molar-refractivity contribution in [3.63, 3.8) is 0 Å². The standard InChI is InChI=1S/C14H24N4/c1-3-6-16-12-8-13(10-15-9-12)17-11-14-5-4-7-18(14)2/h8-10,14,16-17H,3-7,11H2,1-2H3. The molecule has 1 unspecified atom stereocenters. The van der Waals surface area contributed by atoms with Crippen LogP contribution in [0.25, 0.3) is 0 Å². The van der Waals surface area contributed by atoms with Gasteiger partial charge in [0.1, 0.15) is 0 Å². The van der Waals surface area contributed by atoms with E-state index in [2.05, 4.69) is 40.6 Å². The quantitative estimate of drug-likeness (QED) is 0.811. The number of likely N-dealkylation sites (N-methyl/N-ethyl adjacent to an activating group) is 1. The van der Waals surface area contributed by atoms with Gasteiger partial charge >= 0.3 is 0 Å². The Morgan fingerprint density at radius 2 is 2.11 bits per heavy atom. The van der Waals surface area contributed by atoms with Gasteiger partial charge in [-0.1, -0.05) is 6.92 Å². The van der Waals surface area contributed by atoms with Crippen molar-refractivity contribution in [2.75, 3.05) is 37.3 Å². The molecule has 0 saturated carbocycles. The molecule has 2 heterocycles. The number of anilines is 2. The molecule has 0 radical (unpaired) electrons. The first kappa shape index (κ1) is 13.1. The van der Waals surface area contributed by atoms with Crippen molar-refractivity contribution >= 4 is 11.4 Å². The fourth-order valence-corrected chi connectivity index (χ4v) is 2.38. The molecule has 1 fully saturated rings. The summed E-state index contributed by atoms with van der Waals surface area (Å²) < 4.78 is 0. The Morgan fingerprint density at radius 3 is 2.78 bits per heavy atom. The summed E-state index contributed by atoms with van der Waals surface area (Å²) in [7, 11) is 2.21. The molecule has 2 N–H and O–H groups in total. The van der Waals surface area contributed by atoms with Gasteiger partial charge in [-0.3, -0.25) is 4.98 Å². The summed E-state index contributed by atoms with van der Waals surface area (Å²) in [5, 5.41) is 6.85. The summed E-state index contributed by atoms with van der Waals surface area (Å²) >= 11 is 0. The van der Waals surface area contributed by atoms with Crippen LogP contribution in [0, 0.1) is 0 Å². The van der Waals surface area contributed by atoms with Crippen LogP contribution in [0.4, 0.5) is 11.4 Å². The molecule has 4 nitrogen and oxygen atoms in total. The Bertz CT molecular complexity index is 367. The summed E-state index contributed by atoms with van der Waals surface area (Å²) in [5.41, 5.74) is 2.21. The molecule has 1 aliphatic rings. The van der Waals surface area contributed by atoms with Crippen LogP contribution in [0.3, 0.4) is 0 Å². The first-order valence-corrected chi connectivity index (χ1v) is 6.92. The molecule has 1 aliphatic heterocycles. The number of rotatable bonds is 6. The third-order valence-electron chi connectivity index (χ3n) is 3.53. The third-order valence-corrected chi connectivity index (χ3v) is 3.53. The second kappa shape index (κ2) is 6.59. The van der Waals surface area contributed by atoms with E-state index in [1.54, 1.807) is 0 Å². The highest BCUT2D eigenvalue weighted by Crippen LogP contribution is 2.17. The topological polar surface area (TPSA) is 40.2 Å². The zero-order valence-electron chi connectivity index (χ0n) is 11.4. The average Bonchev–Trinajstić information content (AvgIpc) is 2.80. The smallest absolute Gasteiger partial charge is 0.0548 e. The van der Waals surface area contributed by atoms with Gasteiger partial charge in [0.05, 0.1) is 23.8 Å². The van der Waals surface area contributed by atoms with Crippen molar-refractivity contribution in [1.29, 1.82) is 0 Å². The van der Waals surface area contributed by atoms with Crippen LogP contribution in [0.1, 0.15) is 26.2 Å². The van der Waals surface area contributed by atoms with Gasteiger partial charge in [0.25, 0.3) is 0 Å². The van der Waals surface area contributed by atoms with E-state index in [1.165, 1.54) is 19.4 Å². The van der Waals surface area contributed by atoms with Gasteiger partial charge < -0.3 is 15.5 Å². The Hall–Kier alpha value is -1.29. The number of nitrogens with zero attached hydrogens (tertiary/aromatic N) is 2. The zero-order valence-corrected chi connectivity index (χ0v) is 11.4. The van der Waals surface area contributed by atoms with Gasteiger partial charge in [-0.25, -0.2) is 0 Å². The highest BCUT2D eigenvalue weighted by atomic mass is 15.2. The largest absolute Gasteiger partial charge is 0.384 e. The first-order valence-electron chi connectivity index (χ1n) is 6.92. The summed E-state index contributed by atoms with van der Waals surface area (Å²) in [5.74, 6) is 0. The Morgan fingerprint density at radius 1 is 1.33 bits per heavy atom. The highest BCUT2D eigenvalue weighted by molar-refractivity contribution is 5.53. The monoisotopic (exact) mass is 248 g/mol. The van der Waals surface area contributed by atoms with Crippen LogP contribution >= 0.6 is 0 Å². The van der Waals surface area contributed by atoms with Crippen molar-refractivity contribution in [2.45, 2.75) is 32.2 Å². The van der Waals surface area contributed by atoms with Gasteiger partial charge in [-0.2, -0.15) is 0 Å². The number of pyridine rings is 1. The molecule has 4 heteroatoms. The molecule has 1 atom stereocenters. The lowest BCUT2D eigenvalue weighted by Gasteiger charge is -2.20. The maximum atomic E-state index is 4.26. The predicted molar refractivity (Wildman–Crippen MR) is 77.2 cm³/mol. The fraction of sp³-hybridized carbons (Fsp3) is 0.643. The van der Waals surface area contributed by atoms with E-state index in [0.29, 0.717) is 6.04 Å². The molecule has 2 rings (SSSR count). The van der Waals surface area contributed by atoms with Gasteiger partial charge in [0, 0.05) is 19.1 Å². The minimum absolute atomic E-state index is 0.664. The SMILES string of the molecule is CCCNc1cncc(NCC2CCCN2C)c1. The van der Waals surface area contributed by atoms with Crippen LogP contribution < -0.4 is 10.6 Å². The molecule has 1 aromatic heterocycles. The van der Waals surface area contributed by atoms with Gasteiger partial charge in [-0.05, 0) is 38.9 Å².